The van der Waals surface area contributed by atoms with Gasteiger partial charge in [-0.05, 0) is 5.56 Å². The largest absolute Gasteiger partial charge is 0.464 e. The summed E-state index contributed by atoms with van der Waals surface area (Å²) in [5.41, 5.74) is -0.336. The van der Waals surface area contributed by atoms with Crippen LogP contribution in [0.4, 0.5) is 96.6 Å². The molecule has 0 aliphatic carbocycles. The van der Waals surface area contributed by atoms with Gasteiger partial charge in [-0.25, -0.2) is 0 Å². The lowest BCUT2D eigenvalue weighted by molar-refractivity contribution is -0.474. The van der Waals surface area contributed by atoms with Crippen molar-refractivity contribution in [3.8, 4) is 0 Å². The highest BCUT2D eigenvalue weighted by Crippen LogP contribution is 2.66. The quantitative estimate of drug-likeness (QED) is 0.159. The van der Waals surface area contributed by atoms with Crippen LogP contribution in [-0.2, 0) is 4.74 Å². The van der Waals surface area contributed by atoms with E-state index in [0.29, 0.717) is 0 Å². The van der Waals surface area contributed by atoms with Crippen LogP contribution in [0.1, 0.15) is 5.56 Å². The highest BCUT2D eigenvalue weighted by Gasteiger charge is 2.97. The number of ether oxygens (including phenoxy) is 1. The second-order valence-electron chi connectivity index (χ2n) is 7.95. The summed E-state index contributed by atoms with van der Waals surface area (Å²) in [5.74, 6) is -78.2. The van der Waals surface area contributed by atoms with Gasteiger partial charge in [0.25, 0.3) is 6.01 Å². The normalized spacial score (nSPS) is 16.1. The van der Waals surface area contributed by atoms with Crippen LogP contribution in [0, 0.1) is 0 Å². The highest BCUT2D eigenvalue weighted by atomic mass is 19.4. The van der Waals surface area contributed by atoms with Crippen molar-refractivity contribution in [3.05, 3.63) is 41.9 Å². The third-order valence-electron chi connectivity index (χ3n) is 5.05. The molecule has 23 heteroatoms. The first-order valence-electron chi connectivity index (χ1n) is 9.74. The molecule has 1 nitrogen and oxygen atoms in total. The Balaban J connectivity index is 3.57. The van der Waals surface area contributed by atoms with Crippen LogP contribution in [0.3, 0.4) is 0 Å². The minimum atomic E-state index is -9.25. The molecule has 0 aromatic heterocycles. The molecule has 0 saturated carbocycles. The third-order valence-corrected chi connectivity index (χ3v) is 5.05. The molecule has 0 aliphatic rings. The maximum atomic E-state index is 13.8. The molecule has 0 fully saturated rings. The number of alkyl halides is 21. The van der Waals surface area contributed by atoms with Gasteiger partial charge in [0.1, 0.15) is 0 Å². The monoisotopic (exact) mass is 670 g/mol. The summed E-state index contributed by atoms with van der Waals surface area (Å²) >= 11 is 0. The maximum absolute atomic E-state index is 13.8. The van der Waals surface area contributed by atoms with E-state index in [0.717, 1.165) is 24.3 Å². The first kappa shape index (κ1) is 37.2. The van der Waals surface area contributed by atoms with Crippen molar-refractivity contribution < 1.29 is 101 Å². The molecule has 244 valence electrons. The molecular formula is C19H8F22O. The second kappa shape index (κ2) is 10.4. The molecule has 0 spiro atoms. The molecule has 0 atom stereocenters. The Morgan fingerprint density at radius 1 is 0.476 bits per heavy atom. The lowest BCUT2D eigenvalue weighted by atomic mass is 9.86. The second-order valence-corrected chi connectivity index (χ2v) is 7.95. The SMILES string of the molecule is FC(=Cc1ccccc1)OCC(F)(F)C(F)(F)C(F)(F)C(F)(F)C(F)(F)C(F)(F)C(F)(F)C(F)(F)C(F)(F)C(F)(F)F. The van der Waals surface area contributed by atoms with Gasteiger partial charge in [0.2, 0.25) is 0 Å². The van der Waals surface area contributed by atoms with E-state index in [9.17, 15) is 96.6 Å². The molecule has 0 radical (unpaired) electrons. The van der Waals surface area contributed by atoms with Crippen LogP contribution in [0.15, 0.2) is 36.3 Å². The fraction of sp³-hybridized carbons (Fsp3) is 0.579. The van der Waals surface area contributed by atoms with Gasteiger partial charge in [-0.3, -0.25) is 0 Å². The van der Waals surface area contributed by atoms with E-state index >= 15 is 0 Å². The lowest BCUT2D eigenvalue weighted by Gasteiger charge is -2.44. The minimum absolute atomic E-state index is 0.0503. The third kappa shape index (κ3) is 5.27. The number of rotatable bonds is 12. The number of hydrogen-bond acceptors (Lipinski definition) is 1. The zero-order chi connectivity index (χ0) is 33.8. The Hall–Kier alpha value is -2.78. The molecule has 0 aliphatic heterocycles. The van der Waals surface area contributed by atoms with Crippen LogP contribution in [-0.4, -0.2) is 66.1 Å². The van der Waals surface area contributed by atoms with Crippen molar-refractivity contribution in [1.29, 1.82) is 0 Å². The average molecular weight is 670 g/mol. The van der Waals surface area contributed by atoms with Gasteiger partial charge in [0, 0.05) is 6.08 Å². The van der Waals surface area contributed by atoms with Gasteiger partial charge in [-0.1, -0.05) is 30.3 Å². The van der Waals surface area contributed by atoms with E-state index in [1.54, 1.807) is 0 Å². The molecule has 42 heavy (non-hydrogen) atoms. The van der Waals surface area contributed by atoms with Gasteiger partial charge >= 0.3 is 59.5 Å². The number of benzene rings is 1. The summed E-state index contributed by atoms with van der Waals surface area (Å²) in [4.78, 5) is 0. The van der Waals surface area contributed by atoms with Gasteiger partial charge in [-0.15, -0.1) is 0 Å². The maximum Gasteiger partial charge on any atom is 0.460 e. The average Bonchev–Trinajstić information content (AvgIpc) is 2.81. The minimum Gasteiger partial charge on any atom is -0.464 e. The smallest absolute Gasteiger partial charge is 0.460 e. The van der Waals surface area contributed by atoms with Crippen molar-refractivity contribution in [2.24, 2.45) is 0 Å². The lowest BCUT2D eigenvalue weighted by Crippen LogP contribution is -2.77. The zero-order valence-corrected chi connectivity index (χ0v) is 18.9. The number of hydrogen-bond donors (Lipinski definition) is 0. The molecule has 1 rings (SSSR count). The topological polar surface area (TPSA) is 9.23 Å². The summed E-state index contributed by atoms with van der Waals surface area (Å²) in [7, 11) is 0. The molecule has 0 saturated heterocycles. The van der Waals surface area contributed by atoms with Crippen molar-refractivity contribution >= 4 is 6.08 Å². The molecule has 1 aromatic carbocycles. The van der Waals surface area contributed by atoms with Crippen LogP contribution < -0.4 is 0 Å². The summed E-state index contributed by atoms with van der Waals surface area (Å²) in [6.45, 7) is -3.52. The molecular weight excluding hydrogens is 662 g/mol. The van der Waals surface area contributed by atoms with Gasteiger partial charge < -0.3 is 4.74 Å². The fourth-order valence-corrected chi connectivity index (χ4v) is 2.56. The predicted molar refractivity (Wildman–Crippen MR) is 92.1 cm³/mol. The van der Waals surface area contributed by atoms with E-state index < -0.39 is 72.1 Å². The van der Waals surface area contributed by atoms with Gasteiger partial charge in [0.15, 0.2) is 6.61 Å². The van der Waals surface area contributed by atoms with E-state index in [1.807, 2.05) is 0 Å². The highest BCUT2D eigenvalue weighted by molar-refractivity contribution is 5.49. The molecule has 1 aromatic rings. The van der Waals surface area contributed by atoms with Crippen molar-refractivity contribution in [3.63, 3.8) is 0 Å². The van der Waals surface area contributed by atoms with Crippen LogP contribution in [0.2, 0.25) is 0 Å². The molecule has 0 amide bonds. The first-order valence-corrected chi connectivity index (χ1v) is 9.74. The molecule has 0 N–H and O–H groups in total. The van der Waals surface area contributed by atoms with Crippen LogP contribution in [0.5, 0.6) is 0 Å². The van der Waals surface area contributed by atoms with Crippen molar-refractivity contribution in [2.45, 2.75) is 59.5 Å². The zero-order valence-electron chi connectivity index (χ0n) is 18.9. The van der Waals surface area contributed by atoms with Crippen molar-refractivity contribution in [2.75, 3.05) is 6.61 Å². The molecule has 0 heterocycles. The first-order chi connectivity index (χ1) is 18.2. The van der Waals surface area contributed by atoms with Gasteiger partial charge in [0.05, 0.1) is 0 Å². The van der Waals surface area contributed by atoms with Crippen molar-refractivity contribution in [1.82, 2.24) is 0 Å². The standard InChI is InChI=1S/C19H8F22O/c20-9(6-8-4-2-1-3-5-8)42-7-10(21,22)11(23,24)12(25,26)13(27,28)14(29,30)15(31,32)16(33,34)17(35,36)18(37,38)19(39,40)41/h1-6H,7H2. The Kier molecular flexibility index (Phi) is 9.26. The van der Waals surface area contributed by atoms with E-state index in [-0.39, 0.29) is 11.6 Å². The summed E-state index contributed by atoms with van der Waals surface area (Å²) in [5, 5.41) is 0. The van der Waals surface area contributed by atoms with Crippen LogP contribution >= 0.6 is 0 Å². The van der Waals surface area contributed by atoms with E-state index in [1.165, 1.54) is 6.07 Å². The van der Waals surface area contributed by atoms with E-state index in [2.05, 4.69) is 4.74 Å². The summed E-state index contributed by atoms with van der Waals surface area (Å²) in [6.07, 6.45) is -7.99. The Morgan fingerprint density at radius 2 is 0.786 bits per heavy atom. The number of halogens is 22. The van der Waals surface area contributed by atoms with E-state index in [4.69, 9.17) is 0 Å². The predicted octanol–water partition coefficient (Wildman–Crippen LogP) is 9.25. The van der Waals surface area contributed by atoms with Crippen LogP contribution in [0.25, 0.3) is 6.08 Å². The fourth-order valence-electron chi connectivity index (χ4n) is 2.56. The molecule has 0 unspecified atom stereocenters. The summed E-state index contributed by atoms with van der Waals surface area (Å²) < 4.78 is 296. The Morgan fingerprint density at radius 3 is 1.12 bits per heavy atom. The summed E-state index contributed by atoms with van der Waals surface area (Å²) in [6, 6.07) is 3.04. The Labute approximate surface area is 216 Å². The molecule has 0 bridgehead atoms. The van der Waals surface area contributed by atoms with Gasteiger partial charge in [-0.2, -0.15) is 96.6 Å². The Bertz CT molecular complexity index is 1120.